The molecule has 1 aromatic carbocycles. The van der Waals surface area contributed by atoms with Crippen LogP contribution in [0.25, 0.3) is 0 Å². The lowest BCUT2D eigenvalue weighted by Crippen LogP contribution is -2.40. The van der Waals surface area contributed by atoms with Crippen molar-refractivity contribution >= 4 is 23.2 Å². The Morgan fingerprint density at radius 3 is 2.64 bits per heavy atom. The fourth-order valence-corrected chi connectivity index (χ4v) is 1.62. The number of nitrogens with one attached hydrogen (secondary N) is 1. The number of rotatable bonds is 0. The summed E-state index contributed by atoms with van der Waals surface area (Å²) in [5, 5.41) is 4.43. The summed E-state index contributed by atoms with van der Waals surface area (Å²) < 4.78 is 0. The van der Waals surface area contributed by atoms with Crippen molar-refractivity contribution in [2.45, 2.75) is 0 Å². The van der Waals surface area contributed by atoms with E-state index in [-0.39, 0.29) is 0 Å². The maximum Gasteiger partial charge on any atom is 0.0577 e. The fraction of sp³-hybridized carbons (Fsp3) is 0.273. The summed E-state index contributed by atoms with van der Waals surface area (Å²) in [6.45, 7) is 1.97. The molecule has 14 heavy (non-hydrogen) atoms. The molecular weight excluding hydrogens is 217 g/mol. The third kappa shape index (κ3) is 2.22. The topological polar surface area (TPSA) is 12.0 Å². The molecule has 1 aliphatic rings. The van der Waals surface area contributed by atoms with Crippen molar-refractivity contribution in [3.05, 3.63) is 33.8 Å². The van der Waals surface area contributed by atoms with Crippen LogP contribution in [0.3, 0.4) is 0 Å². The van der Waals surface area contributed by atoms with E-state index < -0.39 is 0 Å². The Kier molecular flexibility index (Phi) is 2.98. The second kappa shape index (κ2) is 4.23. The highest BCUT2D eigenvalue weighted by molar-refractivity contribution is 6.35. The van der Waals surface area contributed by atoms with Crippen molar-refractivity contribution in [3.63, 3.8) is 0 Å². The predicted octanol–water partition coefficient (Wildman–Crippen LogP) is 2.56. The van der Waals surface area contributed by atoms with Gasteiger partial charge in [-0.3, -0.25) is 0 Å². The number of benzene rings is 1. The van der Waals surface area contributed by atoms with Gasteiger partial charge in [-0.15, -0.1) is 0 Å². The zero-order chi connectivity index (χ0) is 9.97. The molecule has 1 aliphatic heterocycles. The first-order chi connectivity index (χ1) is 6.75. The summed E-state index contributed by atoms with van der Waals surface area (Å²) in [7, 11) is 0. The number of hydrogen-bond acceptors (Lipinski definition) is 1. The highest BCUT2D eigenvalue weighted by Gasteiger charge is 2.12. The quantitative estimate of drug-likeness (QED) is 0.670. The monoisotopic (exact) mass is 225 g/mol. The van der Waals surface area contributed by atoms with Crippen LogP contribution < -0.4 is 5.32 Å². The molecule has 0 saturated carbocycles. The normalized spacial score (nSPS) is 15.6. The van der Waals surface area contributed by atoms with Gasteiger partial charge in [-0.2, -0.15) is 0 Å². The fourth-order valence-electron chi connectivity index (χ4n) is 1.16. The molecule has 1 N–H and O–H groups in total. The zero-order valence-electron chi connectivity index (χ0n) is 7.48. The Balaban J connectivity index is 2.18. The summed E-state index contributed by atoms with van der Waals surface area (Å²) in [4.78, 5) is 0. The molecule has 0 aliphatic carbocycles. The van der Waals surface area contributed by atoms with E-state index in [1.807, 2.05) is 6.07 Å². The van der Waals surface area contributed by atoms with E-state index in [1.165, 1.54) is 0 Å². The van der Waals surface area contributed by atoms with Crippen LogP contribution in [0.15, 0.2) is 18.2 Å². The molecule has 1 nitrogen and oxygen atoms in total. The Morgan fingerprint density at radius 2 is 2.07 bits per heavy atom. The van der Waals surface area contributed by atoms with Gasteiger partial charge in [0.2, 0.25) is 0 Å². The van der Waals surface area contributed by atoms with Crippen LogP contribution in [0.5, 0.6) is 0 Å². The highest BCUT2D eigenvalue weighted by atomic mass is 35.5. The SMILES string of the molecule is Clc1ccc(C#CC2CNC2)c(Cl)c1. The van der Waals surface area contributed by atoms with E-state index in [9.17, 15) is 0 Å². The van der Waals surface area contributed by atoms with Gasteiger partial charge >= 0.3 is 0 Å². The van der Waals surface area contributed by atoms with Crippen LogP contribution in [0.4, 0.5) is 0 Å². The molecule has 2 rings (SSSR count). The summed E-state index contributed by atoms with van der Waals surface area (Å²) in [5.41, 5.74) is 0.850. The Morgan fingerprint density at radius 1 is 1.29 bits per heavy atom. The first-order valence-corrected chi connectivity index (χ1v) is 5.18. The van der Waals surface area contributed by atoms with Gasteiger partial charge in [0.05, 0.1) is 5.02 Å². The average Bonchev–Trinajstić information content (AvgIpc) is 2.05. The third-order valence-corrected chi connectivity index (χ3v) is 2.67. The van der Waals surface area contributed by atoms with Crippen LogP contribution in [-0.4, -0.2) is 13.1 Å². The maximum atomic E-state index is 5.97. The molecule has 0 aromatic heterocycles. The van der Waals surface area contributed by atoms with Crippen LogP contribution in [-0.2, 0) is 0 Å². The smallest absolute Gasteiger partial charge is 0.0577 e. The highest BCUT2D eigenvalue weighted by Crippen LogP contribution is 2.20. The Hall–Kier alpha value is -0.680. The molecule has 3 heteroatoms. The van der Waals surface area contributed by atoms with E-state index in [0.717, 1.165) is 18.7 Å². The van der Waals surface area contributed by atoms with E-state index in [0.29, 0.717) is 16.0 Å². The summed E-state index contributed by atoms with van der Waals surface area (Å²) >= 11 is 11.7. The van der Waals surface area contributed by atoms with Gasteiger partial charge in [-0.25, -0.2) is 0 Å². The molecule has 1 saturated heterocycles. The van der Waals surface area contributed by atoms with Gasteiger partial charge in [0.25, 0.3) is 0 Å². The van der Waals surface area contributed by atoms with Gasteiger partial charge < -0.3 is 5.32 Å². The van der Waals surface area contributed by atoms with Gasteiger partial charge in [0.1, 0.15) is 0 Å². The molecular formula is C11H9Cl2N. The van der Waals surface area contributed by atoms with Crippen LogP contribution in [0.1, 0.15) is 5.56 Å². The van der Waals surface area contributed by atoms with Gasteiger partial charge in [0.15, 0.2) is 0 Å². The van der Waals surface area contributed by atoms with Crippen molar-refractivity contribution in [1.29, 1.82) is 0 Å². The number of hydrogen-bond donors (Lipinski definition) is 1. The van der Waals surface area contributed by atoms with Crippen LogP contribution in [0, 0.1) is 17.8 Å². The minimum Gasteiger partial charge on any atom is -0.314 e. The zero-order valence-corrected chi connectivity index (χ0v) is 8.99. The molecule has 1 heterocycles. The lowest BCUT2D eigenvalue weighted by Gasteiger charge is -2.21. The van der Waals surface area contributed by atoms with Crippen molar-refractivity contribution < 1.29 is 0 Å². The van der Waals surface area contributed by atoms with Gasteiger partial charge in [-0.1, -0.05) is 35.0 Å². The molecule has 0 unspecified atom stereocenters. The second-order valence-corrected chi connectivity index (χ2v) is 4.09. The lowest BCUT2D eigenvalue weighted by atomic mass is 10.0. The molecule has 0 atom stereocenters. The third-order valence-electron chi connectivity index (χ3n) is 2.12. The molecule has 0 spiro atoms. The van der Waals surface area contributed by atoms with Crippen molar-refractivity contribution in [3.8, 4) is 11.8 Å². The first-order valence-electron chi connectivity index (χ1n) is 4.43. The van der Waals surface area contributed by atoms with Crippen LogP contribution >= 0.6 is 23.2 Å². The van der Waals surface area contributed by atoms with E-state index in [1.54, 1.807) is 12.1 Å². The van der Waals surface area contributed by atoms with Gasteiger partial charge in [0, 0.05) is 29.6 Å². The number of halogens is 2. The minimum atomic E-state index is 0.474. The second-order valence-electron chi connectivity index (χ2n) is 3.25. The van der Waals surface area contributed by atoms with E-state index >= 15 is 0 Å². The molecule has 1 fully saturated rings. The maximum absolute atomic E-state index is 5.97. The van der Waals surface area contributed by atoms with Crippen molar-refractivity contribution in [2.75, 3.05) is 13.1 Å². The first kappa shape index (κ1) is 9.86. The lowest BCUT2D eigenvalue weighted by molar-refractivity contribution is 0.432. The van der Waals surface area contributed by atoms with E-state index in [4.69, 9.17) is 23.2 Å². The predicted molar refractivity (Wildman–Crippen MR) is 59.7 cm³/mol. The molecule has 72 valence electrons. The Bertz CT molecular complexity index is 399. The average molecular weight is 226 g/mol. The molecule has 1 aromatic rings. The van der Waals surface area contributed by atoms with Gasteiger partial charge in [-0.05, 0) is 18.2 Å². The molecule has 0 radical (unpaired) electrons. The van der Waals surface area contributed by atoms with E-state index in [2.05, 4.69) is 17.2 Å². The molecule has 0 amide bonds. The molecule has 0 bridgehead atoms. The summed E-state index contributed by atoms with van der Waals surface area (Å²) in [5.74, 6) is 6.69. The van der Waals surface area contributed by atoms with Crippen molar-refractivity contribution in [1.82, 2.24) is 5.32 Å². The minimum absolute atomic E-state index is 0.474. The standard InChI is InChI=1S/C11H9Cl2N/c12-10-4-3-9(11(13)5-10)2-1-8-6-14-7-8/h3-5,8,14H,6-7H2. The van der Waals surface area contributed by atoms with Crippen LogP contribution in [0.2, 0.25) is 10.0 Å². The Labute approximate surface area is 93.4 Å². The van der Waals surface area contributed by atoms with Crippen molar-refractivity contribution in [2.24, 2.45) is 5.92 Å². The largest absolute Gasteiger partial charge is 0.314 e. The summed E-state index contributed by atoms with van der Waals surface area (Å²) in [6, 6.07) is 5.37. The summed E-state index contributed by atoms with van der Waals surface area (Å²) in [6.07, 6.45) is 0.